The highest BCUT2D eigenvalue weighted by molar-refractivity contribution is 7.90. The molecule has 0 aliphatic carbocycles. The van der Waals surface area contributed by atoms with Crippen molar-refractivity contribution in [1.82, 2.24) is 20.5 Å². The number of ether oxygens (including phenoxy) is 1. The van der Waals surface area contributed by atoms with Gasteiger partial charge in [-0.15, -0.1) is 0 Å². The van der Waals surface area contributed by atoms with Crippen LogP contribution >= 0.6 is 11.6 Å². The van der Waals surface area contributed by atoms with Crippen LogP contribution in [0.5, 0.6) is 5.88 Å². The Morgan fingerprint density at radius 1 is 1.17 bits per heavy atom. The van der Waals surface area contributed by atoms with Crippen molar-refractivity contribution >= 4 is 38.2 Å². The van der Waals surface area contributed by atoms with E-state index in [1.165, 1.54) is 26.4 Å². The van der Waals surface area contributed by atoms with Crippen molar-refractivity contribution in [2.24, 2.45) is 0 Å². The summed E-state index contributed by atoms with van der Waals surface area (Å²) in [4.78, 5) is 15.3. The minimum Gasteiger partial charge on any atom is -0.480 e. The van der Waals surface area contributed by atoms with Gasteiger partial charge < -0.3 is 10.1 Å². The zero-order valence-corrected chi connectivity index (χ0v) is 19.7. The second kappa shape index (κ2) is 9.19. The zero-order valence-electron chi connectivity index (χ0n) is 18.1. The number of nitrogens with one attached hydrogen (secondary N) is 2. The van der Waals surface area contributed by atoms with Crippen molar-refractivity contribution in [2.45, 2.75) is 10.6 Å². The fraction of sp³-hybridized carbons (Fsp3) is 0.136. The van der Waals surface area contributed by atoms with Gasteiger partial charge in [-0.1, -0.05) is 23.7 Å². The number of methoxy groups -OCH3 is 1. The van der Waals surface area contributed by atoms with Crippen molar-refractivity contribution < 1.29 is 31.1 Å². The third kappa shape index (κ3) is 4.30. The summed E-state index contributed by atoms with van der Waals surface area (Å²) in [7, 11) is -1.68. The molecule has 2 heterocycles. The maximum absolute atomic E-state index is 15.5. The predicted molar refractivity (Wildman–Crippen MR) is 121 cm³/mol. The molecule has 0 saturated carbocycles. The number of H-pyrrole nitrogens is 1. The van der Waals surface area contributed by atoms with E-state index in [4.69, 9.17) is 16.3 Å². The van der Waals surface area contributed by atoms with Crippen LogP contribution in [0, 0.1) is 17.5 Å². The standard InChI is InChI=1S/C22H16ClF3N4O4S/c1-27-21(31)20-13-5-4-12(18(26)19(13)29-30-20)16-14(24)6-3-10(17(16)25)9-35(32,33)15-7-11(23)8-28-22(15)34-2/h3-8H,9H2,1-2H3,(H,27,31)(H,29,30). The number of rotatable bonds is 6. The summed E-state index contributed by atoms with van der Waals surface area (Å²) in [6.07, 6.45) is 1.18. The second-order valence-electron chi connectivity index (χ2n) is 7.32. The molecule has 182 valence electrons. The number of carbonyl (C=O) groups is 1. The number of fused-ring (bicyclic) bond motifs is 1. The number of nitrogens with zero attached hydrogens (tertiary/aromatic N) is 2. The van der Waals surface area contributed by atoms with Crippen molar-refractivity contribution in [3.63, 3.8) is 0 Å². The van der Waals surface area contributed by atoms with Gasteiger partial charge in [-0.05, 0) is 18.2 Å². The van der Waals surface area contributed by atoms with Crippen LogP contribution in [0.25, 0.3) is 22.0 Å². The Hall–Kier alpha value is -3.64. The molecule has 0 bridgehead atoms. The van der Waals surface area contributed by atoms with Gasteiger partial charge in [0.05, 0.1) is 23.4 Å². The molecule has 35 heavy (non-hydrogen) atoms. The molecule has 0 saturated heterocycles. The fourth-order valence-electron chi connectivity index (χ4n) is 3.56. The van der Waals surface area contributed by atoms with E-state index in [1.54, 1.807) is 0 Å². The first-order valence-corrected chi connectivity index (χ1v) is 11.9. The lowest BCUT2D eigenvalue weighted by atomic mass is 9.99. The molecule has 0 spiro atoms. The number of benzene rings is 2. The molecule has 1 amide bonds. The Balaban J connectivity index is 1.82. The average molecular weight is 525 g/mol. The molecule has 8 nitrogen and oxygen atoms in total. The molecule has 2 aromatic carbocycles. The zero-order chi connectivity index (χ0) is 25.5. The van der Waals surface area contributed by atoms with Crippen LogP contribution in [0.15, 0.2) is 41.4 Å². The molecule has 2 aromatic heterocycles. The van der Waals surface area contributed by atoms with Gasteiger partial charge in [-0.25, -0.2) is 26.6 Å². The number of amides is 1. The summed E-state index contributed by atoms with van der Waals surface area (Å²) in [5, 5.41) is 8.62. The average Bonchev–Trinajstić information content (AvgIpc) is 3.27. The lowest BCUT2D eigenvalue weighted by molar-refractivity contribution is 0.0959. The van der Waals surface area contributed by atoms with E-state index in [9.17, 15) is 17.6 Å². The van der Waals surface area contributed by atoms with Gasteiger partial charge in [0.1, 0.15) is 27.7 Å². The molecule has 13 heteroatoms. The molecule has 4 rings (SSSR count). The highest BCUT2D eigenvalue weighted by Gasteiger charge is 2.27. The number of halogens is 4. The molecule has 4 aromatic rings. The minimum absolute atomic E-state index is 0.00939. The Bertz CT molecular complexity index is 1590. The number of hydrogen-bond acceptors (Lipinski definition) is 6. The molecule has 0 radical (unpaired) electrons. The summed E-state index contributed by atoms with van der Waals surface area (Å²) < 4.78 is 76.4. The van der Waals surface area contributed by atoms with Crippen LogP contribution < -0.4 is 10.1 Å². The summed E-state index contributed by atoms with van der Waals surface area (Å²) in [5.41, 5.74) is -2.04. The van der Waals surface area contributed by atoms with Gasteiger partial charge >= 0.3 is 0 Å². The summed E-state index contributed by atoms with van der Waals surface area (Å²) in [5.74, 6) is -5.20. The number of carbonyl (C=O) groups excluding carboxylic acids is 1. The number of aromatic nitrogens is 3. The molecular weight excluding hydrogens is 509 g/mol. The molecule has 2 N–H and O–H groups in total. The molecular formula is C22H16ClF3N4O4S. The Morgan fingerprint density at radius 2 is 1.91 bits per heavy atom. The van der Waals surface area contributed by atoms with Crippen molar-refractivity contribution in [3.05, 3.63) is 70.3 Å². The maximum Gasteiger partial charge on any atom is 0.269 e. The first-order valence-electron chi connectivity index (χ1n) is 9.87. The van der Waals surface area contributed by atoms with Crippen LogP contribution in [0.4, 0.5) is 13.2 Å². The second-order valence-corrected chi connectivity index (χ2v) is 9.71. The van der Waals surface area contributed by atoms with E-state index >= 15 is 8.78 Å². The van der Waals surface area contributed by atoms with E-state index in [0.29, 0.717) is 0 Å². The van der Waals surface area contributed by atoms with Gasteiger partial charge in [0, 0.05) is 29.8 Å². The van der Waals surface area contributed by atoms with E-state index in [1.807, 2.05) is 0 Å². The monoisotopic (exact) mass is 524 g/mol. The van der Waals surface area contributed by atoms with Crippen LogP contribution in [0.1, 0.15) is 16.1 Å². The van der Waals surface area contributed by atoms with Gasteiger partial charge in [-0.3, -0.25) is 9.89 Å². The fourth-order valence-corrected chi connectivity index (χ4v) is 5.28. The topological polar surface area (TPSA) is 114 Å². The smallest absolute Gasteiger partial charge is 0.269 e. The van der Waals surface area contributed by atoms with Crippen LogP contribution in [-0.2, 0) is 15.6 Å². The molecule has 0 aliphatic heterocycles. The lowest BCUT2D eigenvalue weighted by Gasteiger charge is -2.13. The van der Waals surface area contributed by atoms with E-state index in [-0.39, 0.29) is 32.4 Å². The summed E-state index contributed by atoms with van der Waals surface area (Å²) in [6.45, 7) is 0. The number of sulfone groups is 1. The van der Waals surface area contributed by atoms with Crippen molar-refractivity contribution in [2.75, 3.05) is 14.2 Å². The van der Waals surface area contributed by atoms with Crippen molar-refractivity contribution in [3.8, 4) is 17.0 Å². The largest absolute Gasteiger partial charge is 0.480 e. The number of pyridine rings is 1. The lowest BCUT2D eigenvalue weighted by Crippen LogP contribution is -2.18. The molecule has 0 aliphatic rings. The Kier molecular flexibility index (Phi) is 6.43. The maximum atomic E-state index is 15.5. The summed E-state index contributed by atoms with van der Waals surface area (Å²) in [6, 6.07) is 5.25. The third-order valence-electron chi connectivity index (χ3n) is 5.22. The normalized spacial score (nSPS) is 11.6. The van der Waals surface area contributed by atoms with Crippen molar-refractivity contribution in [1.29, 1.82) is 0 Å². The Labute approximate surface area is 202 Å². The highest BCUT2D eigenvalue weighted by atomic mass is 35.5. The Morgan fingerprint density at radius 3 is 2.60 bits per heavy atom. The molecule has 0 atom stereocenters. The van der Waals surface area contributed by atoms with E-state index in [0.717, 1.165) is 24.3 Å². The quantitative estimate of drug-likeness (QED) is 0.393. The SMILES string of the molecule is CNC(=O)c1[nH]nc2c(F)c(-c3c(F)ccc(CS(=O)(=O)c4cc(Cl)cnc4OC)c3F)ccc12. The van der Waals surface area contributed by atoms with Gasteiger partial charge in [0.25, 0.3) is 5.91 Å². The van der Waals surface area contributed by atoms with Crippen LogP contribution in [-0.4, -0.2) is 43.7 Å². The van der Waals surface area contributed by atoms with Crippen LogP contribution in [0.3, 0.4) is 0 Å². The van der Waals surface area contributed by atoms with Crippen LogP contribution in [0.2, 0.25) is 5.02 Å². The first kappa shape index (κ1) is 24.5. The minimum atomic E-state index is -4.26. The summed E-state index contributed by atoms with van der Waals surface area (Å²) >= 11 is 5.85. The highest BCUT2D eigenvalue weighted by Crippen LogP contribution is 2.35. The number of aromatic amines is 1. The van der Waals surface area contributed by atoms with Gasteiger partial charge in [0.2, 0.25) is 5.88 Å². The first-order chi connectivity index (χ1) is 16.6. The van der Waals surface area contributed by atoms with E-state index in [2.05, 4.69) is 20.5 Å². The molecule has 0 unspecified atom stereocenters. The van der Waals surface area contributed by atoms with E-state index < -0.39 is 55.6 Å². The predicted octanol–water partition coefficient (Wildman–Crippen LogP) is 4.04. The number of hydrogen-bond donors (Lipinski definition) is 2. The molecule has 0 fully saturated rings. The third-order valence-corrected chi connectivity index (χ3v) is 7.08. The van der Waals surface area contributed by atoms with Gasteiger partial charge in [-0.2, -0.15) is 5.10 Å². The van der Waals surface area contributed by atoms with Gasteiger partial charge in [0.15, 0.2) is 15.7 Å².